The number of nitrogens with two attached hydrogens (primary N) is 1. The van der Waals surface area contributed by atoms with Crippen LogP contribution in [-0.4, -0.2) is 20.2 Å². The number of nitrogens with one attached hydrogen (secondary N) is 1. The number of ether oxygens (including phenoxy) is 1. The van der Waals surface area contributed by atoms with Crippen LogP contribution in [0, 0.1) is 12.8 Å². The molecule has 0 fully saturated rings. The van der Waals surface area contributed by atoms with Crippen molar-refractivity contribution in [3.63, 3.8) is 0 Å². The third-order valence-electron chi connectivity index (χ3n) is 3.86. The van der Waals surface area contributed by atoms with Crippen LogP contribution in [0.1, 0.15) is 43.9 Å². The van der Waals surface area contributed by atoms with Gasteiger partial charge in [0, 0.05) is 12.6 Å². The molecule has 1 aromatic rings. The molecule has 0 radical (unpaired) electrons. The molecular formula is C16H28N2O. The molecule has 1 rings (SSSR count). The zero-order chi connectivity index (χ0) is 14.3. The summed E-state index contributed by atoms with van der Waals surface area (Å²) in [5.41, 5.74) is 8.30. The van der Waals surface area contributed by atoms with Crippen molar-refractivity contribution in [3.05, 3.63) is 29.3 Å². The average molecular weight is 264 g/mol. The average Bonchev–Trinajstić information content (AvgIpc) is 2.44. The van der Waals surface area contributed by atoms with Gasteiger partial charge in [-0.25, -0.2) is 0 Å². The van der Waals surface area contributed by atoms with Gasteiger partial charge in [-0.1, -0.05) is 38.8 Å². The smallest absolute Gasteiger partial charge is 0.121 e. The van der Waals surface area contributed by atoms with Gasteiger partial charge < -0.3 is 15.8 Å². The lowest BCUT2D eigenvalue weighted by atomic mass is 10.0. The molecule has 0 saturated heterocycles. The summed E-state index contributed by atoms with van der Waals surface area (Å²) >= 11 is 0. The zero-order valence-electron chi connectivity index (χ0n) is 12.7. The van der Waals surface area contributed by atoms with Gasteiger partial charge in [-0.2, -0.15) is 0 Å². The lowest BCUT2D eigenvalue weighted by molar-refractivity contribution is 0.407. The number of aryl methyl sites for hydroxylation is 1. The fourth-order valence-electron chi connectivity index (χ4n) is 2.34. The number of hydrogen-bond acceptors (Lipinski definition) is 3. The molecule has 3 heteroatoms. The Morgan fingerprint density at radius 3 is 2.42 bits per heavy atom. The van der Waals surface area contributed by atoms with Crippen LogP contribution in [0.5, 0.6) is 5.75 Å². The minimum Gasteiger partial charge on any atom is -0.496 e. The second kappa shape index (κ2) is 8.18. The standard InChI is InChI=1S/C16H28N2O/c1-5-13(6-2)11-18-15(10-17)14-7-8-16(19-4)12(3)9-14/h7-9,13,15,18H,5-6,10-11,17H2,1-4H3. The summed E-state index contributed by atoms with van der Waals surface area (Å²) in [5.74, 6) is 1.66. The monoisotopic (exact) mass is 264 g/mol. The maximum absolute atomic E-state index is 5.90. The van der Waals surface area contributed by atoms with E-state index in [1.807, 2.05) is 6.07 Å². The van der Waals surface area contributed by atoms with Gasteiger partial charge in [0.25, 0.3) is 0 Å². The fourth-order valence-corrected chi connectivity index (χ4v) is 2.34. The number of hydrogen-bond donors (Lipinski definition) is 2. The number of methoxy groups -OCH3 is 1. The van der Waals surface area contributed by atoms with Gasteiger partial charge in [-0.15, -0.1) is 0 Å². The molecule has 1 unspecified atom stereocenters. The highest BCUT2D eigenvalue weighted by Crippen LogP contribution is 2.22. The van der Waals surface area contributed by atoms with Crippen LogP contribution in [0.15, 0.2) is 18.2 Å². The molecule has 0 saturated carbocycles. The molecule has 19 heavy (non-hydrogen) atoms. The van der Waals surface area contributed by atoms with Gasteiger partial charge >= 0.3 is 0 Å². The van der Waals surface area contributed by atoms with Gasteiger partial charge in [0.1, 0.15) is 5.75 Å². The summed E-state index contributed by atoms with van der Waals surface area (Å²) in [6.07, 6.45) is 2.42. The SMILES string of the molecule is CCC(CC)CNC(CN)c1ccc(OC)c(C)c1. The molecule has 0 aromatic heterocycles. The van der Waals surface area contributed by atoms with Crippen molar-refractivity contribution in [1.82, 2.24) is 5.32 Å². The minimum absolute atomic E-state index is 0.227. The van der Waals surface area contributed by atoms with Crippen LogP contribution >= 0.6 is 0 Å². The Morgan fingerprint density at radius 2 is 1.95 bits per heavy atom. The van der Waals surface area contributed by atoms with Crippen LogP contribution in [0.25, 0.3) is 0 Å². The summed E-state index contributed by atoms with van der Waals surface area (Å²) in [5, 5.41) is 3.59. The van der Waals surface area contributed by atoms with Crippen molar-refractivity contribution in [2.75, 3.05) is 20.2 Å². The molecule has 108 valence electrons. The van der Waals surface area contributed by atoms with Crippen molar-refractivity contribution in [1.29, 1.82) is 0 Å². The maximum Gasteiger partial charge on any atom is 0.121 e. The van der Waals surface area contributed by atoms with E-state index in [0.29, 0.717) is 6.54 Å². The third-order valence-corrected chi connectivity index (χ3v) is 3.86. The van der Waals surface area contributed by atoms with Gasteiger partial charge in [-0.05, 0) is 36.6 Å². The third kappa shape index (κ3) is 4.51. The molecule has 0 amide bonds. The maximum atomic E-state index is 5.90. The van der Waals surface area contributed by atoms with E-state index >= 15 is 0 Å². The van der Waals surface area contributed by atoms with E-state index < -0.39 is 0 Å². The Bertz CT molecular complexity index is 375. The van der Waals surface area contributed by atoms with E-state index in [4.69, 9.17) is 10.5 Å². The molecule has 0 bridgehead atoms. The quantitative estimate of drug-likeness (QED) is 0.758. The molecule has 1 atom stereocenters. The second-order valence-electron chi connectivity index (χ2n) is 5.11. The van der Waals surface area contributed by atoms with Crippen molar-refractivity contribution in [3.8, 4) is 5.75 Å². The van der Waals surface area contributed by atoms with Crippen LogP contribution in [-0.2, 0) is 0 Å². The molecule has 0 aliphatic rings. The Kier molecular flexibility index (Phi) is 6.89. The van der Waals surface area contributed by atoms with Crippen LogP contribution in [0.4, 0.5) is 0 Å². The number of rotatable bonds is 8. The first-order valence-corrected chi connectivity index (χ1v) is 7.24. The lowest BCUT2D eigenvalue weighted by Crippen LogP contribution is -2.32. The largest absolute Gasteiger partial charge is 0.496 e. The van der Waals surface area contributed by atoms with Crippen molar-refractivity contribution in [2.45, 2.75) is 39.7 Å². The van der Waals surface area contributed by atoms with E-state index in [1.54, 1.807) is 7.11 Å². The summed E-state index contributed by atoms with van der Waals surface area (Å²) in [4.78, 5) is 0. The first kappa shape index (κ1) is 16.0. The van der Waals surface area contributed by atoms with Crippen LogP contribution in [0.2, 0.25) is 0 Å². The molecule has 0 heterocycles. The Hall–Kier alpha value is -1.06. The van der Waals surface area contributed by atoms with Crippen LogP contribution < -0.4 is 15.8 Å². The van der Waals surface area contributed by atoms with Gasteiger partial charge in [0.05, 0.1) is 7.11 Å². The Labute approximate surface area is 117 Å². The number of benzene rings is 1. The van der Waals surface area contributed by atoms with Crippen molar-refractivity contribution in [2.24, 2.45) is 11.7 Å². The predicted octanol–water partition coefficient (Wildman–Crippen LogP) is 3.03. The summed E-state index contributed by atoms with van der Waals surface area (Å²) in [6, 6.07) is 6.51. The van der Waals surface area contributed by atoms with Gasteiger partial charge in [-0.3, -0.25) is 0 Å². The summed E-state index contributed by atoms with van der Waals surface area (Å²) in [6.45, 7) is 8.19. The fraction of sp³-hybridized carbons (Fsp3) is 0.625. The first-order valence-electron chi connectivity index (χ1n) is 7.24. The Morgan fingerprint density at radius 1 is 1.26 bits per heavy atom. The lowest BCUT2D eigenvalue weighted by Gasteiger charge is -2.21. The van der Waals surface area contributed by atoms with Gasteiger partial charge in [0.2, 0.25) is 0 Å². The zero-order valence-corrected chi connectivity index (χ0v) is 12.7. The highest BCUT2D eigenvalue weighted by molar-refractivity contribution is 5.37. The summed E-state index contributed by atoms with van der Waals surface area (Å²) < 4.78 is 5.29. The topological polar surface area (TPSA) is 47.3 Å². The van der Waals surface area contributed by atoms with E-state index in [-0.39, 0.29) is 6.04 Å². The molecular weight excluding hydrogens is 236 g/mol. The minimum atomic E-state index is 0.227. The second-order valence-corrected chi connectivity index (χ2v) is 5.11. The van der Waals surface area contributed by atoms with Crippen molar-refractivity contribution < 1.29 is 4.74 Å². The van der Waals surface area contributed by atoms with Gasteiger partial charge in [0.15, 0.2) is 0 Å². The van der Waals surface area contributed by atoms with E-state index in [2.05, 4.69) is 38.2 Å². The van der Waals surface area contributed by atoms with Crippen LogP contribution in [0.3, 0.4) is 0 Å². The molecule has 3 N–H and O–H groups in total. The molecule has 0 aliphatic heterocycles. The van der Waals surface area contributed by atoms with E-state index in [9.17, 15) is 0 Å². The van der Waals surface area contributed by atoms with E-state index in [1.165, 1.54) is 18.4 Å². The molecule has 0 aliphatic carbocycles. The molecule has 0 spiro atoms. The highest BCUT2D eigenvalue weighted by Gasteiger charge is 2.12. The van der Waals surface area contributed by atoms with E-state index in [0.717, 1.165) is 23.8 Å². The predicted molar refractivity (Wildman–Crippen MR) is 81.6 cm³/mol. The molecule has 1 aromatic carbocycles. The Balaban J connectivity index is 2.71. The summed E-state index contributed by atoms with van der Waals surface area (Å²) in [7, 11) is 1.70. The highest BCUT2D eigenvalue weighted by atomic mass is 16.5. The first-order chi connectivity index (χ1) is 9.15. The van der Waals surface area contributed by atoms with Crippen molar-refractivity contribution >= 4 is 0 Å². The molecule has 3 nitrogen and oxygen atoms in total. The normalized spacial score (nSPS) is 12.7.